The first kappa shape index (κ1) is 19.0. The molecule has 0 spiro atoms. The average Bonchev–Trinajstić information content (AvgIpc) is 2.79. The summed E-state index contributed by atoms with van der Waals surface area (Å²) < 4.78 is 16.8. The van der Waals surface area contributed by atoms with Gasteiger partial charge in [-0.05, 0) is 66.2 Å². The Morgan fingerprint density at radius 1 is 0.552 bits per heavy atom. The fourth-order valence-corrected chi connectivity index (χ4v) is 3.23. The van der Waals surface area contributed by atoms with E-state index in [4.69, 9.17) is 25.5 Å². The van der Waals surface area contributed by atoms with Gasteiger partial charge in [-0.25, -0.2) is 4.42 Å². The van der Waals surface area contributed by atoms with E-state index in [2.05, 4.69) is 0 Å². The lowest BCUT2D eigenvalue weighted by atomic mass is 10.0. The topological polar surface area (TPSA) is 29.8 Å². The Bertz CT molecular complexity index is 1040. The zero-order chi connectivity index (χ0) is 20.2. The molecule has 1 aromatic heterocycles. The monoisotopic (exact) mass is 403 g/mol. The summed E-state index contributed by atoms with van der Waals surface area (Å²) in [6.45, 7) is 0. The highest BCUT2D eigenvalue weighted by atomic mass is 35.5. The minimum absolute atomic E-state index is 0.708. The SMILES string of the molecule is COc1ccc(-c2cc(-c3ccc(Cl)cc3)cc(-c3ccc(OC)cc3)[o+]2)cc1. The lowest BCUT2D eigenvalue weighted by Crippen LogP contribution is -1.88. The molecular weight excluding hydrogens is 384 g/mol. The standard InChI is InChI=1S/C25H20ClO3/c1-27-22-11-5-18(6-12-22)24-15-20(17-3-9-21(26)10-4-17)16-25(29-24)19-7-13-23(28-2)14-8-19/h3-16H,1-2H3/q+1. The molecule has 0 aliphatic carbocycles. The van der Waals surface area contributed by atoms with Crippen molar-refractivity contribution in [1.82, 2.24) is 0 Å². The van der Waals surface area contributed by atoms with E-state index >= 15 is 0 Å². The van der Waals surface area contributed by atoms with Crippen molar-refractivity contribution in [2.45, 2.75) is 0 Å². The van der Waals surface area contributed by atoms with Crippen molar-refractivity contribution in [2.75, 3.05) is 14.2 Å². The van der Waals surface area contributed by atoms with E-state index in [9.17, 15) is 0 Å². The van der Waals surface area contributed by atoms with Gasteiger partial charge in [0.2, 0.25) is 0 Å². The molecular formula is C25H20ClO3+. The van der Waals surface area contributed by atoms with Crippen molar-refractivity contribution in [1.29, 1.82) is 0 Å². The second-order valence-corrected chi connectivity index (χ2v) is 6.97. The molecule has 0 aliphatic heterocycles. The van der Waals surface area contributed by atoms with Crippen molar-refractivity contribution in [3.63, 3.8) is 0 Å². The summed E-state index contributed by atoms with van der Waals surface area (Å²) in [6.07, 6.45) is 0. The summed E-state index contributed by atoms with van der Waals surface area (Å²) in [7, 11) is 3.31. The van der Waals surface area contributed by atoms with E-state index in [1.165, 1.54) is 0 Å². The van der Waals surface area contributed by atoms with Gasteiger partial charge in [0.15, 0.2) is 0 Å². The smallest absolute Gasteiger partial charge is 0.361 e. The fourth-order valence-electron chi connectivity index (χ4n) is 3.11. The third-order valence-corrected chi connectivity index (χ3v) is 4.97. The normalized spacial score (nSPS) is 10.6. The summed E-state index contributed by atoms with van der Waals surface area (Å²) in [5.41, 5.74) is 4.05. The molecule has 0 unspecified atom stereocenters. The molecule has 3 nitrogen and oxygen atoms in total. The van der Waals surface area contributed by atoms with Gasteiger partial charge in [0.05, 0.1) is 37.5 Å². The molecule has 0 N–H and O–H groups in total. The summed E-state index contributed by atoms with van der Waals surface area (Å²) in [4.78, 5) is 0. The lowest BCUT2D eigenvalue weighted by Gasteiger charge is -2.04. The Balaban J connectivity index is 1.84. The van der Waals surface area contributed by atoms with Crippen LogP contribution >= 0.6 is 11.6 Å². The third-order valence-electron chi connectivity index (χ3n) is 4.72. The van der Waals surface area contributed by atoms with Crippen LogP contribution in [0.3, 0.4) is 0 Å². The molecule has 3 aromatic carbocycles. The van der Waals surface area contributed by atoms with Gasteiger partial charge in [0.1, 0.15) is 11.5 Å². The second kappa shape index (κ2) is 8.38. The van der Waals surface area contributed by atoms with Crippen molar-refractivity contribution >= 4 is 11.6 Å². The highest BCUT2D eigenvalue weighted by molar-refractivity contribution is 6.30. The Kier molecular flexibility index (Phi) is 5.50. The minimum Gasteiger partial charge on any atom is -0.497 e. The van der Waals surface area contributed by atoms with Crippen molar-refractivity contribution in [2.24, 2.45) is 0 Å². The third kappa shape index (κ3) is 4.25. The van der Waals surface area contributed by atoms with E-state index in [0.717, 1.165) is 45.3 Å². The maximum absolute atomic E-state index is 6.27. The number of methoxy groups -OCH3 is 2. The first-order valence-corrected chi connectivity index (χ1v) is 9.57. The van der Waals surface area contributed by atoms with Crippen molar-refractivity contribution in [3.05, 3.63) is 90.0 Å². The number of hydrogen-bond acceptors (Lipinski definition) is 2. The van der Waals surface area contributed by atoms with Gasteiger partial charge in [-0.15, -0.1) is 0 Å². The molecule has 4 rings (SSSR count). The quantitative estimate of drug-likeness (QED) is 0.329. The van der Waals surface area contributed by atoms with Crippen molar-refractivity contribution < 1.29 is 13.9 Å². The maximum atomic E-state index is 6.27. The first-order chi connectivity index (χ1) is 14.2. The van der Waals surface area contributed by atoms with Crippen LogP contribution in [0.15, 0.2) is 89.3 Å². The van der Waals surface area contributed by atoms with E-state index in [1.807, 2.05) is 84.9 Å². The van der Waals surface area contributed by atoms with Crippen LogP contribution in [0.5, 0.6) is 11.5 Å². The van der Waals surface area contributed by atoms with Crippen LogP contribution in [0.2, 0.25) is 5.02 Å². The van der Waals surface area contributed by atoms with Gasteiger partial charge in [-0.2, -0.15) is 0 Å². The molecule has 4 aromatic rings. The molecule has 0 fully saturated rings. The molecule has 144 valence electrons. The highest BCUT2D eigenvalue weighted by Crippen LogP contribution is 2.34. The second-order valence-electron chi connectivity index (χ2n) is 6.54. The van der Waals surface area contributed by atoms with E-state index in [1.54, 1.807) is 14.2 Å². The molecule has 4 heteroatoms. The van der Waals surface area contributed by atoms with Crippen LogP contribution in [-0.2, 0) is 0 Å². The largest absolute Gasteiger partial charge is 0.497 e. The predicted molar refractivity (Wildman–Crippen MR) is 118 cm³/mol. The van der Waals surface area contributed by atoms with Gasteiger partial charge in [-0.3, -0.25) is 0 Å². The van der Waals surface area contributed by atoms with Crippen LogP contribution in [0.4, 0.5) is 0 Å². The van der Waals surface area contributed by atoms with Gasteiger partial charge < -0.3 is 9.47 Å². The number of hydrogen-bond donors (Lipinski definition) is 0. The summed E-state index contributed by atoms with van der Waals surface area (Å²) >= 11 is 6.07. The van der Waals surface area contributed by atoms with Crippen LogP contribution in [-0.4, -0.2) is 14.2 Å². The Labute approximate surface area is 175 Å². The summed E-state index contributed by atoms with van der Waals surface area (Å²) in [5.74, 6) is 3.15. The van der Waals surface area contributed by atoms with Crippen molar-refractivity contribution in [3.8, 4) is 45.3 Å². The molecule has 0 radical (unpaired) electrons. The van der Waals surface area contributed by atoms with Crippen LogP contribution in [0.1, 0.15) is 0 Å². The maximum Gasteiger partial charge on any atom is 0.361 e. The Hall–Kier alpha value is -3.30. The minimum atomic E-state index is 0.708. The summed E-state index contributed by atoms with van der Waals surface area (Å²) in [5, 5.41) is 0.708. The number of halogens is 1. The van der Waals surface area contributed by atoms with E-state index in [0.29, 0.717) is 5.02 Å². The fraction of sp³-hybridized carbons (Fsp3) is 0.0800. The van der Waals surface area contributed by atoms with Gasteiger partial charge in [0, 0.05) is 10.6 Å². The molecule has 0 amide bonds. The molecule has 0 atom stereocenters. The average molecular weight is 404 g/mol. The van der Waals surface area contributed by atoms with Gasteiger partial charge >= 0.3 is 11.5 Å². The molecule has 29 heavy (non-hydrogen) atoms. The lowest BCUT2D eigenvalue weighted by molar-refractivity contribution is 0.415. The zero-order valence-corrected chi connectivity index (χ0v) is 16.9. The molecule has 0 saturated heterocycles. The van der Waals surface area contributed by atoms with Crippen LogP contribution in [0, 0.1) is 0 Å². The zero-order valence-electron chi connectivity index (χ0n) is 16.2. The number of benzene rings is 3. The van der Waals surface area contributed by atoms with E-state index in [-0.39, 0.29) is 0 Å². The molecule has 1 heterocycles. The Morgan fingerprint density at radius 2 is 0.966 bits per heavy atom. The number of rotatable bonds is 5. The molecule has 0 bridgehead atoms. The van der Waals surface area contributed by atoms with Crippen LogP contribution < -0.4 is 9.47 Å². The van der Waals surface area contributed by atoms with Crippen LogP contribution in [0.25, 0.3) is 33.8 Å². The molecule has 0 saturated carbocycles. The van der Waals surface area contributed by atoms with E-state index < -0.39 is 0 Å². The van der Waals surface area contributed by atoms with Gasteiger partial charge in [-0.1, -0.05) is 23.7 Å². The first-order valence-electron chi connectivity index (χ1n) is 9.19. The predicted octanol–water partition coefficient (Wildman–Crippen LogP) is 7.23. The highest BCUT2D eigenvalue weighted by Gasteiger charge is 2.21. The molecule has 0 aliphatic rings. The number of ether oxygens (including phenoxy) is 2. The summed E-state index contributed by atoms with van der Waals surface area (Å²) in [6, 6.07) is 27.5. The van der Waals surface area contributed by atoms with Gasteiger partial charge in [0.25, 0.3) is 0 Å². The Morgan fingerprint density at radius 3 is 1.38 bits per heavy atom.